The molecule has 3 N–H and O–H groups in total. The van der Waals surface area contributed by atoms with E-state index in [1.165, 1.54) is 7.11 Å². The van der Waals surface area contributed by atoms with Crippen LogP contribution in [0.4, 0.5) is 18.0 Å². The third-order valence-electron chi connectivity index (χ3n) is 3.52. The van der Waals surface area contributed by atoms with Crippen LogP contribution < -0.4 is 10.9 Å². The lowest BCUT2D eigenvalue weighted by molar-refractivity contribution is -0.133. The van der Waals surface area contributed by atoms with Crippen LogP contribution >= 0.6 is 0 Å². The number of hydrogen-bond donors (Lipinski definition) is 3. The molecule has 1 aromatic carbocycles. The van der Waals surface area contributed by atoms with Gasteiger partial charge in [0, 0.05) is 13.7 Å². The highest BCUT2D eigenvalue weighted by molar-refractivity contribution is 5.86. The zero-order valence-corrected chi connectivity index (χ0v) is 16.6. The number of aliphatic hydroxyl groups is 1. The van der Waals surface area contributed by atoms with Gasteiger partial charge in [0.1, 0.15) is 12.4 Å². The lowest BCUT2D eigenvalue weighted by Gasteiger charge is -2.27. The first kappa shape index (κ1) is 24.7. The Morgan fingerprint density at radius 1 is 1.14 bits per heavy atom. The molecule has 11 heteroatoms. The number of aliphatic hydroxyl groups excluding tert-OH is 1. The molecule has 0 saturated heterocycles. The van der Waals surface area contributed by atoms with Gasteiger partial charge in [-0.25, -0.2) is 23.4 Å². The van der Waals surface area contributed by atoms with E-state index in [1.807, 2.05) is 5.43 Å². The van der Waals surface area contributed by atoms with Crippen LogP contribution in [0.5, 0.6) is 0 Å². The van der Waals surface area contributed by atoms with Crippen molar-refractivity contribution in [3.05, 3.63) is 35.1 Å². The Hall–Kier alpha value is -2.37. The summed E-state index contributed by atoms with van der Waals surface area (Å²) in [6, 6.07) is 1.27. The van der Waals surface area contributed by atoms with Crippen molar-refractivity contribution < 1.29 is 42.1 Å². The summed E-state index contributed by atoms with van der Waals surface area (Å²) in [5, 5.41) is 9.26. The third-order valence-corrected chi connectivity index (χ3v) is 3.52. The first-order chi connectivity index (χ1) is 13.5. The van der Waals surface area contributed by atoms with Crippen molar-refractivity contribution in [2.45, 2.75) is 44.8 Å². The first-order valence-electron chi connectivity index (χ1n) is 8.64. The van der Waals surface area contributed by atoms with E-state index in [1.54, 1.807) is 20.8 Å². The minimum Gasteiger partial charge on any atom is -0.443 e. The molecule has 2 atom stereocenters. The number of rotatable bonds is 8. The normalized spacial score (nSPS) is 13.5. The van der Waals surface area contributed by atoms with E-state index in [-0.39, 0.29) is 18.8 Å². The van der Waals surface area contributed by atoms with Crippen molar-refractivity contribution in [1.29, 1.82) is 0 Å². The predicted molar refractivity (Wildman–Crippen MR) is 95.0 cm³/mol. The minimum absolute atomic E-state index is 0.117. The third kappa shape index (κ3) is 7.87. The van der Waals surface area contributed by atoms with Gasteiger partial charge in [-0.05, 0) is 44.9 Å². The molecule has 0 fully saturated rings. The van der Waals surface area contributed by atoms with E-state index in [0.29, 0.717) is 12.1 Å². The van der Waals surface area contributed by atoms with E-state index in [2.05, 4.69) is 5.43 Å². The van der Waals surface area contributed by atoms with Gasteiger partial charge in [0.25, 0.3) is 0 Å². The molecule has 29 heavy (non-hydrogen) atoms. The fourth-order valence-corrected chi connectivity index (χ4v) is 2.41. The molecule has 0 radical (unpaired) electrons. The molecule has 0 heterocycles. The number of ether oxygens (including phenoxy) is 3. The van der Waals surface area contributed by atoms with E-state index < -0.39 is 53.7 Å². The van der Waals surface area contributed by atoms with E-state index in [0.717, 1.165) is 0 Å². The summed E-state index contributed by atoms with van der Waals surface area (Å²) >= 11 is 0. The Morgan fingerprint density at radius 2 is 1.72 bits per heavy atom. The zero-order chi connectivity index (χ0) is 22.2. The Morgan fingerprint density at radius 3 is 2.21 bits per heavy atom. The summed E-state index contributed by atoms with van der Waals surface area (Å²) in [6.45, 7) is 4.11. The number of amides is 2. The fraction of sp³-hybridized carbons (Fsp3) is 0.556. The number of carbonyl (C=O) groups excluding carboxylic acids is 2. The molecule has 0 saturated carbocycles. The molecule has 1 unspecified atom stereocenters. The lowest BCUT2D eigenvalue weighted by atomic mass is 9.90. The van der Waals surface area contributed by atoms with Crippen molar-refractivity contribution in [2.24, 2.45) is 0 Å². The molecule has 164 valence electrons. The largest absolute Gasteiger partial charge is 0.443 e. The number of hydrogen-bond acceptors (Lipinski definition) is 6. The van der Waals surface area contributed by atoms with Crippen LogP contribution in [0.1, 0.15) is 38.7 Å². The standard InChI is InChI=1S/C18H25F3N2O6/c1-18(2,3)29-17(26)23-22-16(25)14(13(5-6-24)28-9-27-4)10-7-11(19)15(21)12(20)8-10/h7-8,13-14,24H,5-6,9H2,1-4H3,(H,22,25)(H,23,26)/t13-,14?/m1/s1. The van der Waals surface area contributed by atoms with Crippen LogP contribution in [-0.4, -0.2) is 49.3 Å². The average Bonchev–Trinajstić information content (AvgIpc) is 2.61. The van der Waals surface area contributed by atoms with Crippen LogP contribution in [-0.2, 0) is 19.0 Å². The molecule has 0 aliphatic heterocycles. The highest BCUT2D eigenvalue weighted by Crippen LogP contribution is 2.27. The number of methoxy groups -OCH3 is 1. The smallest absolute Gasteiger partial charge is 0.426 e. The maximum absolute atomic E-state index is 13.7. The summed E-state index contributed by atoms with van der Waals surface area (Å²) in [5.74, 6) is -7.07. The second-order valence-electron chi connectivity index (χ2n) is 7.02. The predicted octanol–water partition coefficient (Wildman–Crippen LogP) is 2.11. The molecule has 0 aliphatic rings. The van der Waals surface area contributed by atoms with Crippen molar-refractivity contribution in [3.63, 3.8) is 0 Å². The van der Waals surface area contributed by atoms with Gasteiger partial charge in [-0.1, -0.05) is 0 Å². The quantitative estimate of drug-likeness (QED) is 0.337. The molecule has 8 nitrogen and oxygen atoms in total. The van der Waals surface area contributed by atoms with Gasteiger partial charge in [0.15, 0.2) is 17.5 Å². The van der Waals surface area contributed by atoms with E-state index in [4.69, 9.17) is 14.2 Å². The van der Waals surface area contributed by atoms with Crippen molar-refractivity contribution >= 4 is 12.0 Å². The summed E-state index contributed by atoms with van der Waals surface area (Å²) in [5.41, 5.74) is 2.98. The molecule has 0 spiro atoms. The van der Waals surface area contributed by atoms with Gasteiger partial charge in [-0.3, -0.25) is 10.2 Å². The molecule has 0 bridgehead atoms. The van der Waals surface area contributed by atoms with E-state index in [9.17, 15) is 27.9 Å². The van der Waals surface area contributed by atoms with Crippen LogP contribution in [0.2, 0.25) is 0 Å². The van der Waals surface area contributed by atoms with Crippen molar-refractivity contribution in [2.75, 3.05) is 20.5 Å². The molecule has 1 aromatic rings. The van der Waals surface area contributed by atoms with Gasteiger partial charge < -0.3 is 19.3 Å². The minimum atomic E-state index is -1.70. The summed E-state index contributed by atoms with van der Waals surface area (Å²) in [7, 11) is 1.31. The van der Waals surface area contributed by atoms with Crippen molar-refractivity contribution in [1.82, 2.24) is 10.9 Å². The SMILES string of the molecule is COCO[C@H](CCO)C(C(=O)NNC(=O)OC(C)(C)C)c1cc(F)c(F)c(F)c1. The van der Waals surface area contributed by atoms with E-state index >= 15 is 0 Å². The second kappa shape index (κ2) is 11.0. The summed E-state index contributed by atoms with van der Waals surface area (Å²) in [4.78, 5) is 24.4. The van der Waals surface area contributed by atoms with Crippen molar-refractivity contribution in [3.8, 4) is 0 Å². The number of benzene rings is 1. The van der Waals surface area contributed by atoms with Crippen LogP contribution in [0, 0.1) is 17.5 Å². The fourth-order valence-electron chi connectivity index (χ4n) is 2.41. The Balaban J connectivity index is 3.15. The highest BCUT2D eigenvalue weighted by atomic mass is 19.2. The lowest BCUT2D eigenvalue weighted by Crippen LogP contribution is -2.48. The summed E-state index contributed by atoms with van der Waals surface area (Å²) in [6.07, 6.45) is -2.20. The highest BCUT2D eigenvalue weighted by Gasteiger charge is 2.33. The van der Waals surface area contributed by atoms with Gasteiger partial charge >= 0.3 is 6.09 Å². The van der Waals surface area contributed by atoms with Gasteiger partial charge in [0.2, 0.25) is 5.91 Å². The Bertz CT molecular complexity index is 688. The monoisotopic (exact) mass is 422 g/mol. The van der Waals surface area contributed by atoms with Gasteiger partial charge in [0.05, 0.1) is 12.0 Å². The Kier molecular flexibility index (Phi) is 9.34. The molecule has 0 aliphatic carbocycles. The van der Waals surface area contributed by atoms with Crippen LogP contribution in [0.15, 0.2) is 12.1 Å². The maximum Gasteiger partial charge on any atom is 0.426 e. The number of hydrazine groups is 1. The summed E-state index contributed by atoms with van der Waals surface area (Å²) < 4.78 is 55.8. The topological polar surface area (TPSA) is 106 Å². The number of halogens is 3. The molecular weight excluding hydrogens is 397 g/mol. The first-order valence-corrected chi connectivity index (χ1v) is 8.64. The van der Waals surface area contributed by atoms with Crippen LogP contribution in [0.25, 0.3) is 0 Å². The molecule has 1 rings (SSSR count). The van der Waals surface area contributed by atoms with Gasteiger partial charge in [-0.15, -0.1) is 0 Å². The van der Waals surface area contributed by atoms with Gasteiger partial charge in [-0.2, -0.15) is 0 Å². The Labute approximate surface area is 166 Å². The average molecular weight is 422 g/mol. The molecular formula is C18H25F3N2O6. The maximum atomic E-state index is 13.7. The molecule has 0 aromatic heterocycles. The van der Waals surface area contributed by atoms with Crippen LogP contribution in [0.3, 0.4) is 0 Å². The molecule has 2 amide bonds. The second-order valence-corrected chi connectivity index (χ2v) is 7.02. The number of carbonyl (C=O) groups is 2. The zero-order valence-electron chi connectivity index (χ0n) is 16.6. The number of nitrogens with one attached hydrogen (secondary N) is 2.